The van der Waals surface area contributed by atoms with Crippen molar-refractivity contribution in [1.82, 2.24) is 20.3 Å². The Morgan fingerprint density at radius 3 is 2.82 bits per heavy atom. The van der Waals surface area contributed by atoms with Crippen LogP contribution in [-0.4, -0.2) is 40.5 Å². The summed E-state index contributed by atoms with van der Waals surface area (Å²) in [5.41, 5.74) is 1.65. The number of carbonyl (C=O) groups is 1. The molecule has 0 bridgehead atoms. The Labute approximate surface area is 129 Å². The third-order valence-corrected chi connectivity index (χ3v) is 3.67. The van der Waals surface area contributed by atoms with E-state index < -0.39 is 0 Å². The van der Waals surface area contributed by atoms with Gasteiger partial charge in [-0.3, -0.25) is 9.78 Å². The minimum atomic E-state index is -0.117. The molecular weight excluding hydrogens is 278 g/mol. The Hall–Kier alpha value is -2.50. The summed E-state index contributed by atoms with van der Waals surface area (Å²) in [7, 11) is 1.96. The second-order valence-corrected chi connectivity index (χ2v) is 5.54. The lowest BCUT2D eigenvalue weighted by Gasteiger charge is -2.18. The van der Waals surface area contributed by atoms with Gasteiger partial charge in [0.25, 0.3) is 5.91 Å². The number of hydrogen-bond donors (Lipinski definition) is 1. The van der Waals surface area contributed by atoms with E-state index in [1.807, 2.05) is 24.1 Å². The second kappa shape index (κ2) is 6.51. The molecule has 3 rings (SSSR count). The van der Waals surface area contributed by atoms with Gasteiger partial charge in [-0.15, -0.1) is 0 Å². The maximum atomic E-state index is 12.0. The van der Waals surface area contributed by atoms with Crippen LogP contribution in [0.1, 0.15) is 28.9 Å². The van der Waals surface area contributed by atoms with Crippen LogP contribution in [0.25, 0.3) is 0 Å². The van der Waals surface area contributed by atoms with E-state index in [4.69, 9.17) is 0 Å². The molecule has 0 spiro atoms. The molecular formula is C16H19N5O. The van der Waals surface area contributed by atoms with Gasteiger partial charge in [-0.1, -0.05) is 0 Å². The van der Waals surface area contributed by atoms with E-state index in [2.05, 4.69) is 20.3 Å². The minimum Gasteiger partial charge on any atom is -0.359 e. The molecule has 1 aliphatic rings. The number of pyridine rings is 1. The molecule has 0 aliphatic heterocycles. The van der Waals surface area contributed by atoms with Crippen LogP contribution in [0.3, 0.4) is 0 Å². The quantitative estimate of drug-likeness (QED) is 0.873. The van der Waals surface area contributed by atoms with Gasteiger partial charge in [-0.25, -0.2) is 9.97 Å². The molecule has 22 heavy (non-hydrogen) atoms. The number of anilines is 1. The molecule has 1 fully saturated rings. The van der Waals surface area contributed by atoms with E-state index >= 15 is 0 Å². The third kappa shape index (κ3) is 3.78. The van der Waals surface area contributed by atoms with Gasteiger partial charge in [0.2, 0.25) is 0 Å². The molecule has 1 saturated carbocycles. The Kier molecular flexibility index (Phi) is 4.27. The van der Waals surface area contributed by atoms with Crippen LogP contribution in [0, 0.1) is 0 Å². The molecule has 2 aromatic rings. The predicted molar refractivity (Wildman–Crippen MR) is 83.7 cm³/mol. The Bertz CT molecular complexity index is 642. The van der Waals surface area contributed by atoms with E-state index in [0.717, 1.165) is 31.6 Å². The van der Waals surface area contributed by atoms with Crippen molar-refractivity contribution in [1.29, 1.82) is 0 Å². The zero-order valence-electron chi connectivity index (χ0n) is 12.6. The normalized spacial score (nSPS) is 13.7. The Balaban J connectivity index is 1.61. The molecule has 2 heterocycles. The van der Waals surface area contributed by atoms with Gasteiger partial charge < -0.3 is 10.2 Å². The van der Waals surface area contributed by atoms with E-state index in [1.165, 1.54) is 11.9 Å². The summed E-state index contributed by atoms with van der Waals surface area (Å²) >= 11 is 0. The maximum Gasteiger partial charge on any atom is 0.270 e. The van der Waals surface area contributed by atoms with E-state index in [1.54, 1.807) is 18.5 Å². The molecule has 2 aromatic heterocycles. The zero-order chi connectivity index (χ0) is 15.4. The number of nitrogens with one attached hydrogen (secondary N) is 1. The first-order valence-corrected chi connectivity index (χ1v) is 7.45. The molecule has 0 atom stereocenters. The lowest BCUT2D eigenvalue weighted by Crippen LogP contribution is -2.27. The van der Waals surface area contributed by atoms with Crippen molar-refractivity contribution < 1.29 is 4.79 Å². The average Bonchev–Trinajstić information content (AvgIpc) is 3.37. The maximum absolute atomic E-state index is 12.0. The molecule has 1 aliphatic carbocycles. The summed E-state index contributed by atoms with van der Waals surface area (Å²) in [6.07, 6.45) is 8.05. The predicted octanol–water partition coefficient (Wildman–Crippen LogP) is 1.44. The molecule has 0 aromatic carbocycles. The summed E-state index contributed by atoms with van der Waals surface area (Å²) in [6.45, 7) is 0.810. The Morgan fingerprint density at radius 2 is 2.09 bits per heavy atom. The standard InChI is InChI=1S/C16H19N5O/c1-21(9-6-12-4-7-17-8-5-12)15-10-14(18-11-19-15)16(22)20-13-2-3-13/h4-5,7-8,10-11,13H,2-3,6,9H2,1H3,(H,20,22). The van der Waals surface area contributed by atoms with E-state index in [9.17, 15) is 4.79 Å². The lowest BCUT2D eigenvalue weighted by atomic mass is 10.2. The van der Waals surface area contributed by atoms with Crippen LogP contribution in [-0.2, 0) is 6.42 Å². The summed E-state index contributed by atoms with van der Waals surface area (Å²) in [6, 6.07) is 6.07. The number of aromatic nitrogens is 3. The fraction of sp³-hybridized carbons (Fsp3) is 0.375. The van der Waals surface area contributed by atoms with Gasteiger partial charge >= 0.3 is 0 Å². The van der Waals surface area contributed by atoms with Gasteiger partial charge in [-0.05, 0) is 37.0 Å². The van der Waals surface area contributed by atoms with Crippen LogP contribution < -0.4 is 10.2 Å². The fourth-order valence-corrected chi connectivity index (χ4v) is 2.13. The van der Waals surface area contributed by atoms with Gasteiger partial charge in [0.15, 0.2) is 0 Å². The summed E-state index contributed by atoms with van der Waals surface area (Å²) < 4.78 is 0. The van der Waals surface area contributed by atoms with Crippen molar-refractivity contribution in [2.24, 2.45) is 0 Å². The first kappa shape index (κ1) is 14.4. The molecule has 0 saturated heterocycles. The highest BCUT2D eigenvalue weighted by Gasteiger charge is 2.24. The van der Waals surface area contributed by atoms with Gasteiger partial charge in [0.1, 0.15) is 17.8 Å². The number of rotatable bonds is 6. The number of amides is 1. The summed E-state index contributed by atoms with van der Waals surface area (Å²) in [5.74, 6) is 0.638. The summed E-state index contributed by atoms with van der Waals surface area (Å²) in [4.78, 5) is 26.4. The van der Waals surface area contributed by atoms with Gasteiger partial charge in [-0.2, -0.15) is 0 Å². The van der Waals surface area contributed by atoms with Crippen molar-refractivity contribution in [2.45, 2.75) is 25.3 Å². The molecule has 114 valence electrons. The first-order chi connectivity index (χ1) is 10.7. The monoisotopic (exact) mass is 297 g/mol. The molecule has 0 radical (unpaired) electrons. The smallest absolute Gasteiger partial charge is 0.270 e. The molecule has 6 heteroatoms. The summed E-state index contributed by atoms with van der Waals surface area (Å²) in [5, 5.41) is 2.94. The number of likely N-dealkylation sites (N-methyl/N-ethyl adjacent to an activating group) is 1. The van der Waals surface area contributed by atoms with Crippen LogP contribution in [0.15, 0.2) is 36.9 Å². The van der Waals surface area contributed by atoms with Crippen molar-refractivity contribution in [3.05, 3.63) is 48.2 Å². The van der Waals surface area contributed by atoms with Crippen LogP contribution >= 0.6 is 0 Å². The molecule has 6 nitrogen and oxygen atoms in total. The first-order valence-electron chi connectivity index (χ1n) is 7.45. The highest BCUT2D eigenvalue weighted by Crippen LogP contribution is 2.19. The second-order valence-electron chi connectivity index (χ2n) is 5.54. The molecule has 1 amide bonds. The van der Waals surface area contributed by atoms with Crippen LogP contribution in [0.5, 0.6) is 0 Å². The fourth-order valence-electron chi connectivity index (χ4n) is 2.13. The van der Waals surface area contributed by atoms with E-state index in [0.29, 0.717) is 11.7 Å². The molecule has 1 N–H and O–H groups in total. The van der Waals surface area contributed by atoms with E-state index in [-0.39, 0.29) is 5.91 Å². The van der Waals surface area contributed by atoms with Crippen LogP contribution in [0.2, 0.25) is 0 Å². The Morgan fingerprint density at radius 1 is 1.32 bits per heavy atom. The van der Waals surface area contributed by atoms with Crippen molar-refractivity contribution in [2.75, 3.05) is 18.5 Å². The van der Waals surface area contributed by atoms with Crippen LogP contribution in [0.4, 0.5) is 5.82 Å². The van der Waals surface area contributed by atoms with Gasteiger partial charge in [0.05, 0.1) is 0 Å². The number of nitrogens with zero attached hydrogens (tertiary/aromatic N) is 4. The lowest BCUT2D eigenvalue weighted by molar-refractivity contribution is 0.0946. The van der Waals surface area contributed by atoms with Gasteiger partial charge in [0, 0.05) is 38.1 Å². The topological polar surface area (TPSA) is 71.0 Å². The number of hydrogen-bond acceptors (Lipinski definition) is 5. The average molecular weight is 297 g/mol. The zero-order valence-corrected chi connectivity index (χ0v) is 12.6. The molecule has 0 unspecified atom stereocenters. The SMILES string of the molecule is CN(CCc1ccncc1)c1cc(C(=O)NC2CC2)ncn1. The highest BCUT2D eigenvalue weighted by molar-refractivity contribution is 5.93. The van der Waals surface area contributed by atoms with Crippen molar-refractivity contribution >= 4 is 11.7 Å². The van der Waals surface area contributed by atoms with Crippen molar-refractivity contribution in [3.63, 3.8) is 0 Å². The number of carbonyl (C=O) groups excluding carboxylic acids is 1. The third-order valence-electron chi connectivity index (χ3n) is 3.67. The highest BCUT2D eigenvalue weighted by atomic mass is 16.2. The van der Waals surface area contributed by atoms with Crippen molar-refractivity contribution in [3.8, 4) is 0 Å². The largest absolute Gasteiger partial charge is 0.359 e. The minimum absolute atomic E-state index is 0.117.